The molecule has 112 valence electrons. The third kappa shape index (κ3) is 3.66. The molecule has 0 aromatic rings. The van der Waals surface area contributed by atoms with Gasteiger partial charge in [0.25, 0.3) is 10.2 Å². The van der Waals surface area contributed by atoms with Crippen molar-refractivity contribution in [2.45, 2.75) is 39.0 Å². The van der Waals surface area contributed by atoms with Crippen LogP contribution >= 0.6 is 0 Å². The second kappa shape index (κ2) is 5.65. The molecule has 0 saturated carbocycles. The van der Waals surface area contributed by atoms with Gasteiger partial charge in [-0.1, -0.05) is 6.92 Å². The Morgan fingerprint density at radius 1 is 1.05 bits per heavy atom. The largest absolute Gasteiger partial charge is 0.373 e. The zero-order chi connectivity index (χ0) is 14.2. The van der Waals surface area contributed by atoms with Crippen LogP contribution in [-0.2, 0) is 14.9 Å². The van der Waals surface area contributed by atoms with Crippen LogP contribution in [0.25, 0.3) is 0 Å². The molecule has 0 unspecified atom stereocenters. The first-order chi connectivity index (χ1) is 8.78. The molecule has 2 fully saturated rings. The molecular formula is C12H25N3O3S. The molecule has 2 saturated heterocycles. The predicted molar refractivity (Wildman–Crippen MR) is 74.1 cm³/mol. The first-order valence-electron chi connectivity index (χ1n) is 6.89. The number of rotatable bonds is 3. The summed E-state index contributed by atoms with van der Waals surface area (Å²) in [5.74, 6) is 0.343. The maximum atomic E-state index is 12.4. The highest BCUT2D eigenvalue weighted by Gasteiger charge is 2.36. The molecule has 0 radical (unpaired) electrons. The van der Waals surface area contributed by atoms with E-state index in [0.717, 1.165) is 13.1 Å². The zero-order valence-electron chi connectivity index (χ0n) is 12.2. The fourth-order valence-corrected chi connectivity index (χ4v) is 4.61. The van der Waals surface area contributed by atoms with Gasteiger partial charge in [0.2, 0.25) is 0 Å². The van der Waals surface area contributed by atoms with E-state index in [1.807, 2.05) is 20.9 Å². The minimum atomic E-state index is -3.41. The van der Waals surface area contributed by atoms with Crippen molar-refractivity contribution in [2.24, 2.45) is 5.92 Å². The van der Waals surface area contributed by atoms with Crippen molar-refractivity contribution in [2.75, 3.05) is 33.2 Å². The Hall–Kier alpha value is -0.210. The molecule has 0 spiro atoms. The lowest BCUT2D eigenvalue weighted by molar-refractivity contribution is -0.0444. The Kier molecular flexibility index (Phi) is 4.52. The minimum absolute atomic E-state index is 0.00320. The van der Waals surface area contributed by atoms with Gasteiger partial charge < -0.3 is 9.64 Å². The summed E-state index contributed by atoms with van der Waals surface area (Å²) in [6.07, 6.45) is -0.104. The fourth-order valence-electron chi connectivity index (χ4n) is 2.96. The van der Waals surface area contributed by atoms with Gasteiger partial charge in [0, 0.05) is 32.2 Å². The van der Waals surface area contributed by atoms with Crippen molar-refractivity contribution >= 4 is 10.2 Å². The highest BCUT2D eigenvalue weighted by molar-refractivity contribution is 7.87. The first-order valence-corrected chi connectivity index (χ1v) is 8.33. The number of hydrogen-bond acceptors (Lipinski definition) is 4. The normalized spacial score (nSPS) is 38.7. The van der Waals surface area contributed by atoms with Crippen molar-refractivity contribution in [3.63, 3.8) is 0 Å². The molecule has 6 nitrogen and oxygen atoms in total. The average molecular weight is 291 g/mol. The molecule has 4 atom stereocenters. The van der Waals surface area contributed by atoms with Gasteiger partial charge in [-0.3, -0.25) is 0 Å². The standard InChI is InChI=1S/C12H25N3O3S/c1-9-5-14(4)8-12(9)13-19(16,17)15-6-10(2)18-11(3)7-15/h9-13H,5-8H2,1-4H3/t9-,10-,11+,12+/m0/s1. The summed E-state index contributed by atoms with van der Waals surface area (Å²) < 4.78 is 34.8. The van der Waals surface area contributed by atoms with E-state index in [4.69, 9.17) is 4.74 Å². The molecule has 0 bridgehead atoms. The lowest BCUT2D eigenvalue weighted by Gasteiger charge is -2.35. The molecule has 0 aromatic heterocycles. The number of nitrogens with zero attached hydrogens (tertiary/aromatic N) is 2. The van der Waals surface area contributed by atoms with Crippen LogP contribution in [0.4, 0.5) is 0 Å². The summed E-state index contributed by atoms with van der Waals surface area (Å²) in [4.78, 5) is 2.16. The predicted octanol–water partition coefficient (Wildman–Crippen LogP) is -0.120. The smallest absolute Gasteiger partial charge is 0.279 e. The van der Waals surface area contributed by atoms with Gasteiger partial charge in [0.1, 0.15) is 0 Å². The summed E-state index contributed by atoms with van der Waals surface area (Å²) in [5.41, 5.74) is 0. The van der Waals surface area contributed by atoms with Gasteiger partial charge in [-0.2, -0.15) is 17.4 Å². The Morgan fingerprint density at radius 2 is 1.63 bits per heavy atom. The van der Waals surface area contributed by atoms with Gasteiger partial charge in [-0.15, -0.1) is 0 Å². The number of morpholine rings is 1. The van der Waals surface area contributed by atoms with Crippen LogP contribution in [0.3, 0.4) is 0 Å². The van der Waals surface area contributed by atoms with Crippen LogP contribution in [0.1, 0.15) is 20.8 Å². The van der Waals surface area contributed by atoms with Crippen molar-refractivity contribution in [3.8, 4) is 0 Å². The number of nitrogens with one attached hydrogen (secondary N) is 1. The Bertz CT molecular complexity index is 404. The summed E-state index contributed by atoms with van der Waals surface area (Å²) in [6.45, 7) is 8.46. The summed E-state index contributed by atoms with van der Waals surface area (Å²) in [7, 11) is -1.39. The van der Waals surface area contributed by atoms with E-state index >= 15 is 0 Å². The van der Waals surface area contributed by atoms with Crippen molar-refractivity contribution in [3.05, 3.63) is 0 Å². The monoisotopic (exact) mass is 291 g/mol. The van der Waals surface area contributed by atoms with E-state index in [1.54, 1.807) is 0 Å². The molecule has 0 aliphatic carbocycles. The van der Waals surface area contributed by atoms with E-state index in [2.05, 4.69) is 16.5 Å². The number of hydrogen-bond donors (Lipinski definition) is 1. The molecule has 2 heterocycles. The molecule has 2 rings (SSSR count). The third-order valence-corrected chi connectivity index (χ3v) is 5.40. The van der Waals surface area contributed by atoms with Gasteiger partial charge in [0.05, 0.1) is 12.2 Å². The fraction of sp³-hybridized carbons (Fsp3) is 1.00. The van der Waals surface area contributed by atoms with Crippen LogP contribution in [0.15, 0.2) is 0 Å². The highest BCUT2D eigenvalue weighted by Crippen LogP contribution is 2.18. The van der Waals surface area contributed by atoms with E-state index in [0.29, 0.717) is 19.0 Å². The lowest BCUT2D eigenvalue weighted by atomic mass is 10.1. The topological polar surface area (TPSA) is 61.9 Å². The first kappa shape index (κ1) is 15.2. The molecule has 0 amide bonds. The minimum Gasteiger partial charge on any atom is -0.373 e. The maximum absolute atomic E-state index is 12.4. The average Bonchev–Trinajstić information content (AvgIpc) is 2.55. The van der Waals surface area contributed by atoms with Crippen LogP contribution in [0.5, 0.6) is 0 Å². The maximum Gasteiger partial charge on any atom is 0.279 e. The zero-order valence-corrected chi connectivity index (χ0v) is 13.0. The SMILES string of the molecule is C[C@@H]1CN(S(=O)(=O)N[C@@H]2CN(C)C[C@@H]2C)C[C@H](C)O1. The second-order valence-electron chi connectivity index (χ2n) is 6.00. The van der Waals surface area contributed by atoms with E-state index in [1.165, 1.54) is 4.31 Å². The summed E-state index contributed by atoms with van der Waals surface area (Å²) in [5, 5.41) is 0. The Balaban J connectivity index is 2.02. The van der Waals surface area contributed by atoms with E-state index in [-0.39, 0.29) is 18.2 Å². The van der Waals surface area contributed by atoms with Crippen LogP contribution in [-0.4, -0.2) is 69.1 Å². The molecule has 0 aromatic carbocycles. The van der Waals surface area contributed by atoms with E-state index < -0.39 is 10.2 Å². The number of likely N-dealkylation sites (N-methyl/N-ethyl adjacent to an activating group) is 1. The van der Waals surface area contributed by atoms with Gasteiger partial charge in [-0.25, -0.2) is 0 Å². The molecule has 1 N–H and O–H groups in total. The van der Waals surface area contributed by atoms with Crippen LogP contribution in [0, 0.1) is 5.92 Å². The van der Waals surface area contributed by atoms with Gasteiger partial charge >= 0.3 is 0 Å². The number of likely N-dealkylation sites (tertiary alicyclic amines) is 1. The summed E-state index contributed by atoms with van der Waals surface area (Å²) in [6, 6.07) is 0.00320. The van der Waals surface area contributed by atoms with Crippen LogP contribution in [0.2, 0.25) is 0 Å². The lowest BCUT2D eigenvalue weighted by Crippen LogP contribution is -2.54. The Morgan fingerprint density at radius 3 is 2.11 bits per heavy atom. The van der Waals surface area contributed by atoms with E-state index in [9.17, 15) is 8.42 Å². The number of ether oxygens (including phenoxy) is 1. The highest BCUT2D eigenvalue weighted by atomic mass is 32.2. The quantitative estimate of drug-likeness (QED) is 0.787. The van der Waals surface area contributed by atoms with Gasteiger partial charge in [-0.05, 0) is 26.8 Å². The van der Waals surface area contributed by atoms with Gasteiger partial charge in [0.15, 0.2) is 0 Å². The molecule has 19 heavy (non-hydrogen) atoms. The van der Waals surface area contributed by atoms with Crippen molar-refractivity contribution in [1.82, 2.24) is 13.9 Å². The second-order valence-corrected chi connectivity index (χ2v) is 7.70. The Labute approximate surface area is 116 Å². The molecule has 2 aliphatic rings. The van der Waals surface area contributed by atoms with Crippen molar-refractivity contribution < 1.29 is 13.2 Å². The molecular weight excluding hydrogens is 266 g/mol. The molecule has 2 aliphatic heterocycles. The van der Waals surface area contributed by atoms with Crippen LogP contribution < -0.4 is 4.72 Å². The van der Waals surface area contributed by atoms with Crippen molar-refractivity contribution in [1.29, 1.82) is 0 Å². The molecule has 7 heteroatoms. The summed E-state index contributed by atoms with van der Waals surface area (Å²) >= 11 is 0. The third-order valence-electron chi connectivity index (χ3n) is 3.82.